The van der Waals surface area contributed by atoms with Crippen LogP contribution in [0.25, 0.3) is 0 Å². The van der Waals surface area contributed by atoms with Crippen LogP contribution in [0.15, 0.2) is 72.8 Å². The molecule has 0 spiro atoms. The zero-order chi connectivity index (χ0) is 24.8. The van der Waals surface area contributed by atoms with E-state index in [0.717, 1.165) is 22.3 Å². The third-order valence-electron chi connectivity index (χ3n) is 6.36. The maximum absolute atomic E-state index is 10.7. The van der Waals surface area contributed by atoms with Gasteiger partial charge in [0.05, 0.1) is 24.9 Å². The van der Waals surface area contributed by atoms with E-state index in [1.54, 1.807) is 24.3 Å². The number of aliphatic hydroxyl groups is 2. The first kappa shape index (κ1) is 25.3. The molecule has 3 aromatic rings. The average Bonchev–Trinajstić information content (AvgIpc) is 2.88. The van der Waals surface area contributed by atoms with Crippen molar-refractivity contribution in [2.24, 2.45) is 5.73 Å². The Morgan fingerprint density at radius 1 is 0.971 bits per heavy atom. The highest BCUT2D eigenvalue weighted by atomic mass is 16.7. The molecule has 0 amide bonds. The molecule has 7 nitrogen and oxygen atoms in total. The molecule has 1 aliphatic rings. The highest BCUT2D eigenvalue weighted by molar-refractivity contribution is 5.29. The normalized spacial score (nSPS) is 21.2. The van der Waals surface area contributed by atoms with Crippen molar-refractivity contribution in [2.75, 3.05) is 20.1 Å². The molecule has 4 rings (SSSR count). The number of rotatable bonds is 9. The van der Waals surface area contributed by atoms with Gasteiger partial charge < -0.3 is 35.4 Å². The Hall–Kier alpha value is -2.78. The number of ether oxygens (including phenoxy) is 2. The number of hydrogen-bond donors (Lipinski definition) is 4. The van der Waals surface area contributed by atoms with Crippen molar-refractivity contribution in [3.05, 3.63) is 101 Å². The molecule has 1 unspecified atom stereocenters. The largest absolute Gasteiger partial charge is 0.508 e. The van der Waals surface area contributed by atoms with Crippen molar-refractivity contribution in [2.45, 2.75) is 44.2 Å². The second kappa shape index (κ2) is 11.8. The first-order valence-corrected chi connectivity index (χ1v) is 11.9. The maximum Gasteiger partial charge on any atom is 0.184 e. The molecule has 1 fully saturated rings. The van der Waals surface area contributed by atoms with Crippen LogP contribution >= 0.6 is 0 Å². The zero-order valence-corrected chi connectivity index (χ0v) is 20.0. The van der Waals surface area contributed by atoms with Crippen LogP contribution in [0.5, 0.6) is 5.75 Å². The van der Waals surface area contributed by atoms with E-state index in [9.17, 15) is 15.3 Å². The molecule has 0 saturated carbocycles. The van der Waals surface area contributed by atoms with Crippen LogP contribution < -0.4 is 5.73 Å². The quantitative estimate of drug-likeness (QED) is 0.372. The van der Waals surface area contributed by atoms with Crippen molar-refractivity contribution < 1.29 is 24.8 Å². The molecule has 186 valence electrons. The van der Waals surface area contributed by atoms with Gasteiger partial charge in [-0.3, -0.25) is 0 Å². The fraction of sp³-hybridized carbons (Fsp3) is 0.357. The summed E-state index contributed by atoms with van der Waals surface area (Å²) in [6.45, 7) is 1.47. The van der Waals surface area contributed by atoms with Gasteiger partial charge in [0.1, 0.15) is 5.75 Å². The number of nitrogens with two attached hydrogens (primary N) is 1. The monoisotopic (exact) mass is 478 g/mol. The molecule has 0 aliphatic carbocycles. The number of benzene rings is 3. The van der Waals surface area contributed by atoms with Crippen LogP contribution in [0.2, 0.25) is 0 Å². The molecule has 4 atom stereocenters. The Labute approximate surface area is 206 Å². The van der Waals surface area contributed by atoms with E-state index < -0.39 is 12.4 Å². The van der Waals surface area contributed by atoms with Gasteiger partial charge in [-0.15, -0.1) is 0 Å². The Balaban J connectivity index is 1.48. The molecule has 1 saturated heterocycles. The second-order valence-electron chi connectivity index (χ2n) is 9.13. The molecule has 3 aromatic carbocycles. The van der Waals surface area contributed by atoms with Crippen molar-refractivity contribution >= 4 is 0 Å². The number of phenols is 1. The first-order valence-electron chi connectivity index (χ1n) is 11.9. The summed E-state index contributed by atoms with van der Waals surface area (Å²) in [7, 11) is 1.95. The van der Waals surface area contributed by atoms with E-state index in [2.05, 4.69) is 0 Å². The van der Waals surface area contributed by atoms with Crippen LogP contribution in [0.4, 0.5) is 0 Å². The first-order chi connectivity index (χ1) is 16.9. The topological polar surface area (TPSA) is 108 Å². The number of nitrogens with zero attached hydrogens (tertiary/aromatic N) is 1. The van der Waals surface area contributed by atoms with Crippen LogP contribution in [-0.4, -0.2) is 46.5 Å². The molecule has 0 aromatic heterocycles. The lowest BCUT2D eigenvalue weighted by Gasteiger charge is -2.38. The van der Waals surface area contributed by atoms with Crippen molar-refractivity contribution in [3.8, 4) is 5.75 Å². The molecule has 1 heterocycles. The van der Waals surface area contributed by atoms with Gasteiger partial charge in [-0.2, -0.15) is 0 Å². The number of aromatic hydroxyl groups is 1. The Morgan fingerprint density at radius 3 is 2.31 bits per heavy atom. The lowest BCUT2D eigenvalue weighted by molar-refractivity contribution is -0.252. The molecule has 5 N–H and O–H groups in total. The van der Waals surface area contributed by atoms with Crippen LogP contribution in [0.1, 0.15) is 52.7 Å². The predicted molar refractivity (Wildman–Crippen MR) is 133 cm³/mol. The third-order valence-corrected chi connectivity index (χ3v) is 6.36. The Morgan fingerprint density at radius 2 is 1.66 bits per heavy atom. The highest BCUT2D eigenvalue weighted by Gasteiger charge is 2.33. The van der Waals surface area contributed by atoms with Crippen molar-refractivity contribution in [3.63, 3.8) is 0 Å². The molecule has 0 radical (unpaired) electrons. The van der Waals surface area contributed by atoms with Gasteiger partial charge >= 0.3 is 0 Å². The molecule has 35 heavy (non-hydrogen) atoms. The van der Waals surface area contributed by atoms with E-state index >= 15 is 0 Å². The van der Waals surface area contributed by atoms with E-state index in [-0.39, 0.29) is 24.6 Å². The number of hydrogen-bond acceptors (Lipinski definition) is 7. The van der Waals surface area contributed by atoms with Crippen molar-refractivity contribution in [1.29, 1.82) is 0 Å². The van der Waals surface area contributed by atoms with Crippen molar-refractivity contribution in [1.82, 2.24) is 4.90 Å². The summed E-state index contributed by atoms with van der Waals surface area (Å²) in [6.07, 6.45) is -0.916. The number of phenolic OH excluding ortho intramolecular Hbond substituents is 1. The predicted octanol–water partition coefficient (Wildman–Crippen LogP) is 3.55. The minimum atomic E-state index is -0.728. The summed E-state index contributed by atoms with van der Waals surface area (Å²) in [4.78, 5) is 2.03. The van der Waals surface area contributed by atoms with E-state index in [1.807, 2.05) is 60.5 Å². The minimum absolute atomic E-state index is 0.0000332. The van der Waals surface area contributed by atoms with Crippen LogP contribution in [-0.2, 0) is 22.6 Å². The summed E-state index contributed by atoms with van der Waals surface area (Å²) < 4.78 is 12.7. The fourth-order valence-electron chi connectivity index (χ4n) is 4.40. The van der Waals surface area contributed by atoms with Gasteiger partial charge in [0.15, 0.2) is 6.29 Å². The Bertz CT molecular complexity index is 1020. The molecule has 7 heteroatoms. The van der Waals surface area contributed by atoms with Gasteiger partial charge in [0, 0.05) is 31.6 Å². The SMILES string of the molecule is CN(C[C@@H]1C[C@H](c2ccc(CO)cc2)OC(c2ccc(CN)cc2)O1)C[C@@H](O)c1cccc(O)c1. The lowest BCUT2D eigenvalue weighted by Crippen LogP contribution is -2.39. The molecular weight excluding hydrogens is 444 g/mol. The number of likely N-dealkylation sites (N-methyl/N-ethyl adjacent to an activating group) is 1. The van der Waals surface area contributed by atoms with Crippen LogP contribution in [0.3, 0.4) is 0 Å². The van der Waals surface area contributed by atoms with Crippen LogP contribution in [0, 0.1) is 0 Å². The molecule has 1 aliphatic heterocycles. The standard InChI is InChI=1S/C28H34N2O5/c1-30(17-26(33)23-3-2-4-24(32)13-23)16-25-14-27(21-9-7-20(18-31)8-10-21)35-28(34-25)22-11-5-19(15-29)6-12-22/h2-13,25-28,31-33H,14-18,29H2,1H3/t25-,26+,27+,28?/m0/s1. The van der Waals surface area contributed by atoms with Gasteiger partial charge in [0.25, 0.3) is 0 Å². The van der Waals surface area contributed by atoms with E-state index in [0.29, 0.717) is 31.6 Å². The fourth-order valence-corrected chi connectivity index (χ4v) is 4.40. The Kier molecular flexibility index (Phi) is 8.51. The molecule has 0 bridgehead atoms. The van der Waals surface area contributed by atoms with Gasteiger partial charge in [-0.25, -0.2) is 0 Å². The average molecular weight is 479 g/mol. The van der Waals surface area contributed by atoms with Gasteiger partial charge in [0.2, 0.25) is 0 Å². The van der Waals surface area contributed by atoms with E-state index in [4.69, 9.17) is 15.2 Å². The summed E-state index contributed by atoms with van der Waals surface area (Å²) in [5.41, 5.74) is 10.3. The summed E-state index contributed by atoms with van der Waals surface area (Å²) in [6, 6.07) is 22.4. The third kappa shape index (κ3) is 6.67. The summed E-state index contributed by atoms with van der Waals surface area (Å²) >= 11 is 0. The molecular formula is C28H34N2O5. The zero-order valence-electron chi connectivity index (χ0n) is 20.0. The second-order valence-corrected chi connectivity index (χ2v) is 9.13. The smallest absolute Gasteiger partial charge is 0.184 e. The summed E-state index contributed by atoms with van der Waals surface area (Å²) in [5.74, 6) is 0.135. The highest BCUT2D eigenvalue weighted by Crippen LogP contribution is 2.38. The van der Waals surface area contributed by atoms with E-state index in [1.165, 1.54) is 0 Å². The maximum atomic E-state index is 10.7. The summed E-state index contributed by atoms with van der Waals surface area (Å²) in [5, 5.41) is 29.8. The minimum Gasteiger partial charge on any atom is -0.508 e. The van der Waals surface area contributed by atoms with Gasteiger partial charge in [-0.05, 0) is 41.4 Å². The van der Waals surface area contributed by atoms with Gasteiger partial charge in [-0.1, -0.05) is 60.7 Å². The number of aliphatic hydroxyl groups excluding tert-OH is 2. The lowest BCUT2D eigenvalue weighted by atomic mass is 9.99.